The number of nitrogens with one attached hydrogen (secondary N) is 2. The molecule has 25 heavy (non-hydrogen) atoms. The molecule has 136 valence electrons. The molecule has 1 aromatic heterocycles. The number of rotatable bonds is 6. The SMILES string of the molecule is CN=C(NCc1nc(C(C)C)cs1)NCC(C)c1ccc(F)c(F)c1. The molecule has 0 fully saturated rings. The highest BCUT2D eigenvalue weighted by Gasteiger charge is 2.11. The number of halogens is 2. The summed E-state index contributed by atoms with van der Waals surface area (Å²) in [5.41, 5.74) is 1.83. The van der Waals surface area contributed by atoms with E-state index in [1.807, 2.05) is 6.92 Å². The zero-order chi connectivity index (χ0) is 18.4. The Morgan fingerprint density at radius 1 is 1.20 bits per heavy atom. The Morgan fingerprint density at radius 3 is 2.56 bits per heavy atom. The van der Waals surface area contributed by atoms with Crippen LogP contribution in [-0.2, 0) is 6.54 Å². The normalized spacial score (nSPS) is 13.2. The summed E-state index contributed by atoms with van der Waals surface area (Å²) in [5, 5.41) is 9.49. The lowest BCUT2D eigenvalue weighted by atomic mass is 10.0. The van der Waals surface area contributed by atoms with Gasteiger partial charge in [0.25, 0.3) is 0 Å². The van der Waals surface area contributed by atoms with Crippen LogP contribution < -0.4 is 10.6 Å². The molecule has 4 nitrogen and oxygen atoms in total. The van der Waals surface area contributed by atoms with Crippen LogP contribution in [0.5, 0.6) is 0 Å². The molecule has 2 rings (SSSR count). The van der Waals surface area contributed by atoms with Crippen LogP contribution in [0.3, 0.4) is 0 Å². The van der Waals surface area contributed by atoms with Crippen LogP contribution >= 0.6 is 11.3 Å². The van der Waals surface area contributed by atoms with E-state index < -0.39 is 11.6 Å². The van der Waals surface area contributed by atoms with Crippen molar-refractivity contribution in [1.82, 2.24) is 15.6 Å². The average Bonchev–Trinajstić information content (AvgIpc) is 3.06. The van der Waals surface area contributed by atoms with Gasteiger partial charge in [0, 0.05) is 19.0 Å². The summed E-state index contributed by atoms with van der Waals surface area (Å²) in [6.07, 6.45) is 0. The van der Waals surface area contributed by atoms with E-state index in [0.29, 0.717) is 25.0 Å². The standard InChI is InChI=1S/C18H24F2N4S/c1-11(2)16-10-25-17(24-16)9-23-18(21-4)22-8-12(3)13-5-6-14(19)15(20)7-13/h5-7,10-12H,8-9H2,1-4H3,(H2,21,22,23). The third kappa shape index (κ3) is 5.49. The van der Waals surface area contributed by atoms with Crippen LogP contribution in [0.2, 0.25) is 0 Å². The number of hydrogen-bond acceptors (Lipinski definition) is 3. The van der Waals surface area contributed by atoms with Crippen LogP contribution in [0.15, 0.2) is 28.6 Å². The van der Waals surface area contributed by atoms with Crippen LogP contribution in [0.4, 0.5) is 8.78 Å². The molecular formula is C18H24F2N4S. The summed E-state index contributed by atoms with van der Waals surface area (Å²) in [6.45, 7) is 7.33. The van der Waals surface area contributed by atoms with E-state index in [9.17, 15) is 8.78 Å². The molecule has 0 saturated heterocycles. The Balaban J connectivity index is 1.85. The minimum atomic E-state index is -0.828. The van der Waals surface area contributed by atoms with Gasteiger partial charge in [-0.3, -0.25) is 4.99 Å². The molecule has 0 bridgehead atoms. The Labute approximate surface area is 151 Å². The second-order valence-corrected chi connectivity index (χ2v) is 7.14. The first-order valence-electron chi connectivity index (χ1n) is 8.24. The Hall–Kier alpha value is -2.02. The van der Waals surface area contributed by atoms with E-state index in [2.05, 4.69) is 39.8 Å². The van der Waals surface area contributed by atoms with Gasteiger partial charge < -0.3 is 10.6 Å². The maximum atomic E-state index is 13.3. The van der Waals surface area contributed by atoms with Gasteiger partial charge in [-0.1, -0.05) is 26.8 Å². The molecule has 1 atom stereocenters. The summed E-state index contributed by atoms with van der Waals surface area (Å²) in [4.78, 5) is 8.75. The van der Waals surface area contributed by atoms with Gasteiger partial charge in [-0.2, -0.15) is 0 Å². The number of guanidine groups is 1. The Morgan fingerprint density at radius 2 is 1.96 bits per heavy atom. The van der Waals surface area contributed by atoms with Gasteiger partial charge in [0.1, 0.15) is 5.01 Å². The van der Waals surface area contributed by atoms with Crippen molar-refractivity contribution >= 4 is 17.3 Å². The number of benzene rings is 1. The van der Waals surface area contributed by atoms with E-state index in [0.717, 1.165) is 22.3 Å². The van der Waals surface area contributed by atoms with E-state index in [1.165, 1.54) is 6.07 Å². The molecule has 0 spiro atoms. The highest BCUT2D eigenvalue weighted by atomic mass is 32.1. The Bertz CT molecular complexity index is 728. The number of aliphatic imine (C=N–C) groups is 1. The van der Waals surface area contributed by atoms with Crippen molar-refractivity contribution in [2.45, 2.75) is 39.2 Å². The van der Waals surface area contributed by atoms with E-state index in [4.69, 9.17) is 0 Å². The van der Waals surface area contributed by atoms with Gasteiger partial charge >= 0.3 is 0 Å². The summed E-state index contributed by atoms with van der Waals surface area (Å²) in [6, 6.07) is 3.99. The van der Waals surface area contributed by atoms with Gasteiger partial charge in [0.15, 0.2) is 17.6 Å². The number of nitrogens with zero attached hydrogens (tertiary/aromatic N) is 2. The summed E-state index contributed by atoms with van der Waals surface area (Å²) < 4.78 is 26.4. The highest BCUT2D eigenvalue weighted by Crippen LogP contribution is 2.18. The first-order valence-corrected chi connectivity index (χ1v) is 9.12. The Kier molecular flexibility index (Phi) is 6.87. The molecule has 0 aliphatic heterocycles. The van der Waals surface area contributed by atoms with Gasteiger partial charge in [-0.15, -0.1) is 11.3 Å². The second kappa shape index (κ2) is 8.89. The van der Waals surface area contributed by atoms with Gasteiger partial charge in [-0.05, 0) is 29.5 Å². The van der Waals surface area contributed by atoms with E-state index in [1.54, 1.807) is 24.5 Å². The molecule has 0 amide bonds. The third-order valence-corrected chi connectivity index (χ3v) is 4.75. The van der Waals surface area contributed by atoms with E-state index in [-0.39, 0.29) is 5.92 Å². The lowest BCUT2D eigenvalue weighted by Gasteiger charge is -2.16. The lowest BCUT2D eigenvalue weighted by Crippen LogP contribution is -2.38. The molecule has 1 heterocycles. The molecule has 0 aliphatic rings. The molecule has 0 radical (unpaired) electrons. The fourth-order valence-corrected chi connectivity index (χ4v) is 3.13. The lowest BCUT2D eigenvalue weighted by molar-refractivity contribution is 0.505. The molecular weight excluding hydrogens is 342 g/mol. The van der Waals surface area contributed by atoms with Crippen molar-refractivity contribution in [3.8, 4) is 0 Å². The van der Waals surface area contributed by atoms with Gasteiger partial charge in [0.2, 0.25) is 0 Å². The number of aromatic nitrogens is 1. The molecule has 2 N–H and O–H groups in total. The predicted octanol–water partition coefficient (Wildman–Crippen LogP) is 4.01. The average molecular weight is 366 g/mol. The van der Waals surface area contributed by atoms with Gasteiger partial charge in [0.05, 0.1) is 12.2 Å². The smallest absolute Gasteiger partial charge is 0.191 e. The van der Waals surface area contributed by atoms with Crippen molar-refractivity contribution in [3.63, 3.8) is 0 Å². The highest BCUT2D eigenvalue weighted by molar-refractivity contribution is 7.09. The molecule has 7 heteroatoms. The quantitative estimate of drug-likeness (QED) is 0.600. The fourth-order valence-electron chi connectivity index (χ4n) is 2.24. The minimum absolute atomic E-state index is 0.0149. The first kappa shape index (κ1) is 19.3. The summed E-state index contributed by atoms with van der Waals surface area (Å²) in [5.74, 6) is -0.571. The van der Waals surface area contributed by atoms with Crippen LogP contribution in [0.25, 0.3) is 0 Å². The van der Waals surface area contributed by atoms with Crippen molar-refractivity contribution in [3.05, 3.63) is 51.5 Å². The second-order valence-electron chi connectivity index (χ2n) is 6.20. The largest absolute Gasteiger partial charge is 0.356 e. The van der Waals surface area contributed by atoms with Gasteiger partial charge in [-0.25, -0.2) is 13.8 Å². The topological polar surface area (TPSA) is 49.3 Å². The molecule has 0 aliphatic carbocycles. The maximum Gasteiger partial charge on any atom is 0.191 e. The number of hydrogen-bond donors (Lipinski definition) is 2. The molecule has 1 aromatic carbocycles. The minimum Gasteiger partial charge on any atom is -0.356 e. The predicted molar refractivity (Wildman–Crippen MR) is 99.2 cm³/mol. The zero-order valence-corrected chi connectivity index (χ0v) is 15.8. The zero-order valence-electron chi connectivity index (χ0n) is 14.9. The molecule has 1 unspecified atom stereocenters. The van der Waals surface area contributed by atoms with Crippen molar-refractivity contribution < 1.29 is 8.78 Å². The van der Waals surface area contributed by atoms with Crippen LogP contribution in [0.1, 0.15) is 48.9 Å². The third-order valence-electron chi connectivity index (χ3n) is 3.88. The van der Waals surface area contributed by atoms with Crippen molar-refractivity contribution in [2.24, 2.45) is 4.99 Å². The van der Waals surface area contributed by atoms with Crippen LogP contribution in [-0.4, -0.2) is 24.5 Å². The first-order chi connectivity index (χ1) is 11.9. The van der Waals surface area contributed by atoms with Crippen molar-refractivity contribution in [2.75, 3.05) is 13.6 Å². The van der Waals surface area contributed by atoms with E-state index >= 15 is 0 Å². The fraction of sp³-hybridized carbons (Fsp3) is 0.444. The summed E-state index contributed by atoms with van der Waals surface area (Å²) in [7, 11) is 1.69. The molecule has 2 aromatic rings. The van der Waals surface area contributed by atoms with Crippen molar-refractivity contribution in [1.29, 1.82) is 0 Å². The number of thiazole rings is 1. The maximum absolute atomic E-state index is 13.3. The molecule has 0 saturated carbocycles. The monoisotopic (exact) mass is 366 g/mol. The summed E-state index contributed by atoms with van der Waals surface area (Å²) >= 11 is 1.62. The van der Waals surface area contributed by atoms with Crippen LogP contribution in [0, 0.1) is 11.6 Å².